The van der Waals surface area contributed by atoms with Gasteiger partial charge in [0, 0.05) is 49.7 Å². The maximum absolute atomic E-state index is 6.43. The van der Waals surface area contributed by atoms with Crippen LogP contribution in [0, 0.1) is 6.92 Å². The Kier molecular flexibility index (Phi) is 9.44. The van der Waals surface area contributed by atoms with Crippen molar-refractivity contribution in [3.8, 4) is 79.5 Å². The third kappa shape index (κ3) is 7.05. The van der Waals surface area contributed by atoms with Crippen molar-refractivity contribution in [2.24, 2.45) is 0 Å². The lowest BCUT2D eigenvalue weighted by Crippen LogP contribution is -2.00. The molecule has 60 heavy (non-hydrogen) atoms. The first kappa shape index (κ1) is 36.2. The van der Waals surface area contributed by atoms with Crippen molar-refractivity contribution in [1.82, 2.24) is 29.9 Å². The van der Waals surface area contributed by atoms with E-state index in [0.29, 0.717) is 34.9 Å². The third-order valence-electron chi connectivity index (χ3n) is 10.5. The van der Waals surface area contributed by atoms with Crippen molar-refractivity contribution >= 4 is 28.0 Å². The summed E-state index contributed by atoms with van der Waals surface area (Å²) in [6.45, 7) is 5.93. The maximum atomic E-state index is 6.43. The van der Waals surface area contributed by atoms with Crippen LogP contribution in [0.1, 0.15) is 11.1 Å². The van der Waals surface area contributed by atoms with Gasteiger partial charge in [-0.3, -0.25) is 0 Å². The molecule has 0 N–H and O–H groups in total. The van der Waals surface area contributed by atoms with Gasteiger partial charge < -0.3 is 4.42 Å². The Morgan fingerprint density at radius 2 is 0.817 bits per heavy atom. The minimum atomic E-state index is 0.568. The molecule has 0 saturated carbocycles. The Labute approximate surface area is 347 Å². The van der Waals surface area contributed by atoms with E-state index in [1.165, 1.54) is 0 Å². The largest absolute Gasteiger partial charge is 0.455 e. The number of aryl methyl sites for hydroxylation is 1. The summed E-state index contributed by atoms with van der Waals surface area (Å²) in [5.41, 5.74) is 11.2. The topological polar surface area (TPSA) is 90.5 Å². The van der Waals surface area contributed by atoms with Crippen LogP contribution in [-0.4, -0.2) is 29.9 Å². The van der Waals surface area contributed by atoms with E-state index in [0.717, 1.165) is 77.6 Å². The summed E-state index contributed by atoms with van der Waals surface area (Å²) in [6, 6.07) is 57.0. The van der Waals surface area contributed by atoms with Crippen LogP contribution in [0.5, 0.6) is 0 Å². The second-order valence-corrected chi connectivity index (χ2v) is 14.5. The summed E-state index contributed by atoms with van der Waals surface area (Å²) < 4.78 is 6.43. The van der Waals surface area contributed by atoms with Crippen LogP contribution < -0.4 is 0 Å². The van der Waals surface area contributed by atoms with Gasteiger partial charge in [0.25, 0.3) is 0 Å². The number of hydrogen-bond acceptors (Lipinski definition) is 7. The smallest absolute Gasteiger partial charge is 0.164 e. The zero-order chi connectivity index (χ0) is 40.4. The average Bonchev–Trinajstić information content (AvgIpc) is 3.70. The van der Waals surface area contributed by atoms with Gasteiger partial charge in [-0.1, -0.05) is 164 Å². The minimum absolute atomic E-state index is 0.568. The molecule has 10 rings (SSSR count). The van der Waals surface area contributed by atoms with Crippen molar-refractivity contribution in [2.75, 3.05) is 0 Å². The lowest BCUT2D eigenvalue weighted by molar-refractivity contribution is 0.667. The van der Waals surface area contributed by atoms with Crippen LogP contribution in [-0.2, 0) is 0 Å². The molecule has 0 aliphatic carbocycles. The predicted molar refractivity (Wildman–Crippen MR) is 243 cm³/mol. The molecule has 0 fully saturated rings. The molecule has 0 radical (unpaired) electrons. The summed E-state index contributed by atoms with van der Waals surface area (Å²) in [5, 5.41) is 2.02. The summed E-state index contributed by atoms with van der Waals surface area (Å²) in [4.78, 5) is 30.0. The highest BCUT2D eigenvalue weighted by Gasteiger charge is 2.18. The molecule has 3 heterocycles. The van der Waals surface area contributed by atoms with E-state index in [1.807, 2.05) is 140 Å². The number of benzene rings is 7. The summed E-state index contributed by atoms with van der Waals surface area (Å²) in [5.74, 6) is 3.56. The molecule has 0 spiro atoms. The van der Waals surface area contributed by atoms with E-state index in [9.17, 15) is 0 Å². The van der Waals surface area contributed by atoms with E-state index in [4.69, 9.17) is 34.3 Å². The standard InChI is InChI=1S/C53H36N6O/c1-3-4-26-43-34(2)27-29-44-45-33-42(28-30-46(45)60-47(43)44)53-58-50(37-20-12-7-13-21-37)57-52(59-53)41-25-15-23-39(32-41)38-22-14-24-40(31-38)51-55-48(35-16-8-5-9-17-35)54-49(56-51)36-18-10-6-11-19-36/h3-33H,1H2,2H3/b26-4-. The fraction of sp³-hybridized carbons (Fsp3) is 0.0189. The molecule has 284 valence electrons. The van der Waals surface area contributed by atoms with Crippen molar-refractivity contribution in [2.45, 2.75) is 6.92 Å². The van der Waals surface area contributed by atoms with E-state index in [-0.39, 0.29) is 0 Å². The highest BCUT2D eigenvalue weighted by molar-refractivity contribution is 6.08. The van der Waals surface area contributed by atoms with E-state index in [2.05, 4.69) is 56.0 Å². The van der Waals surface area contributed by atoms with Crippen molar-refractivity contribution in [3.63, 3.8) is 0 Å². The van der Waals surface area contributed by atoms with Gasteiger partial charge in [-0.05, 0) is 53.9 Å². The number of allylic oxidation sites excluding steroid dienone is 2. The number of hydrogen-bond donors (Lipinski definition) is 0. The number of furan rings is 1. The third-order valence-corrected chi connectivity index (χ3v) is 10.5. The van der Waals surface area contributed by atoms with Crippen LogP contribution in [0.2, 0.25) is 0 Å². The van der Waals surface area contributed by atoms with Gasteiger partial charge in [0.2, 0.25) is 0 Å². The molecule has 7 heteroatoms. The normalized spacial score (nSPS) is 11.4. The highest BCUT2D eigenvalue weighted by Crippen LogP contribution is 2.36. The monoisotopic (exact) mass is 772 g/mol. The Morgan fingerprint density at radius 1 is 0.400 bits per heavy atom. The summed E-state index contributed by atoms with van der Waals surface area (Å²) in [7, 11) is 0. The first-order valence-corrected chi connectivity index (χ1v) is 19.7. The van der Waals surface area contributed by atoms with Crippen molar-refractivity contribution in [3.05, 3.63) is 200 Å². The molecule has 0 aliphatic heterocycles. The Bertz CT molecular complexity index is 3170. The number of fused-ring (bicyclic) bond motifs is 3. The second-order valence-electron chi connectivity index (χ2n) is 14.5. The van der Waals surface area contributed by atoms with Crippen LogP contribution >= 0.6 is 0 Å². The molecule has 0 saturated heterocycles. The van der Waals surface area contributed by atoms with Gasteiger partial charge >= 0.3 is 0 Å². The molecule has 7 aromatic carbocycles. The lowest BCUT2D eigenvalue weighted by atomic mass is 10.0. The average molecular weight is 773 g/mol. The minimum Gasteiger partial charge on any atom is -0.455 e. The second kappa shape index (κ2) is 15.6. The SMILES string of the molecule is C=C/C=C\c1c(C)ccc2c1oc1ccc(-c3nc(-c4ccccc4)nc(-c4cccc(-c5cccc(-c6nc(-c7ccccc7)nc(-c7ccccc7)n6)c5)c4)n3)cc12. The molecule has 0 bridgehead atoms. The lowest BCUT2D eigenvalue weighted by Gasteiger charge is -2.11. The fourth-order valence-corrected chi connectivity index (χ4v) is 7.43. The molecule has 10 aromatic rings. The zero-order valence-electron chi connectivity index (χ0n) is 32.7. The summed E-state index contributed by atoms with van der Waals surface area (Å²) in [6.07, 6.45) is 5.75. The van der Waals surface area contributed by atoms with Gasteiger partial charge in [0.05, 0.1) is 0 Å². The summed E-state index contributed by atoms with van der Waals surface area (Å²) >= 11 is 0. The van der Waals surface area contributed by atoms with Gasteiger partial charge in [0.15, 0.2) is 34.9 Å². The molecule has 0 unspecified atom stereocenters. The van der Waals surface area contributed by atoms with Gasteiger partial charge in [-0.25, -0.2) is 29.9 Å². The van der Waals surface area contributed by atoms with Gasteiger partial charge in [-0.2, -0.15) is 0 Å². The van der Waals surface area contributed by atoms with E-state index < -0.39 is 0 Å². The number of nitrogens with zero attached hydrogens (tertiary/aromatic N) is 6. The molecule has 7 nitrogen and oxygen atoms in total. The van der Waals surface area contributed by atoms with Crippen LogP contribution in [0.3, 0.4) is 0 Å². The fourth-order valence-electron chi connectivity index (χ4n) is 7.43. The number of aromatic nitrogens is 6. The predicted octanol–water partition coefficient (Wildman–Crippen LogP) is 13.1. The van der Waals surface area contributed by atoms with Crippen LogP contribution in [0.25, 0.3) is 107 Å². The van der Waals surface area contributed by atoms with Crippen molar-refractivity contribution < 1.29 is 4.42 Å². The molecular formula is C53H36N6O. The van der Waals surface area contributed by atoms with Gasteiger partial charge in [-0.15, -0.1) is 0 Å². The molecule has 0 amide bonds. The van der Waals surface area contributed by atoms with E-state index in [1.54, 1.807) is 6.08 Å². The first-order valence-electron chi connectivity index (χ1n) is 19.7. The Balaban J connectivity index is 1.06. The quantitative estimate of drug-likeness (QED) is 0.135. The van der Waals surface area contributed by atoms with Crippen LogP contribution in [0.15, 0.2) is 193 Å². The maximum Gasteiger partial charge on any atom is 0.164 e. The van der Waals surface area contributed by atoms with E-state index >= 15 is 0 Å². The molecule has 3 aromatic heterocycles. The number of rotatable bonds is 9. The Morgan fingerprint density at radius 3 is 1.28 bits per heavy atom. The Hall–Kier alpha value is -8.16. The first-order chi connectivity index (χ1) is 29.6. The van der Waals surface area contributed by atoms with Crippen LogP contribution in [0.4, 0.5) is 0 Å². The van der Waals surface area contributed by atoms with Crippen molar-refractivity contribution in [1.29, 1.82) is 0 Å². The molecular weight excluding hydrogens is 737 g/mol. The molecule has 0 atom stereocenters. The van der Waals surface area contributed by atoms with Gasteiger partial charge in [0.1, 0.15) is 11.2 Å². The highest BCUT2D eigenvalue weighted by atomic mass is 16.3. The molecule has 0 aliphatic rings. The zero-order valence-corrected chi connectivity index (χ0v) is 32.7.